The number of pyridine rings is 1. The van der Waals surface area contributed by atoms with Crippen LogP contribution in [0.4, 0.5) is 4.79 Å². The first-order chi connectivity index (χ1) is 13.6. The van der Waals surface area contributed by atoms with Crippen LogP contribution in [-0.4, -0.2) is 52.3 Å². The number of likely N-dealkylation sites (tertiary alicyclic amines) is 1. The van der Waals surface area contributed by atoms with Crippen LogP contribution in [0.3, 0.4) is 0 Å². The molecule has 8 nitrogen and oxygen atoms in total. The minimum absolute atomic E-state index is 0.0240. The van der Waals surface area contributed by atoms with Crippen LogP contribution in [0.5, 0.6) is 0 Å². The molecule has 0 bridgehead atoms. The lowest BCUT2D eigenvalue weighted by Crippen LogP contribution is -2.54. The zero-order chi connectivity index (χ0) is 19.4. The summed E-state index contributed by atoms with van der Waals surface area (Å²) in [5, 5.41) is 10.1. The number of nitrogens with one attached hydrogen (secondary N) is 2. The Hall–Kier alpha value is -2.64. The first-order valence-corrected chi connectivity index (χ1v) is 10.1. The Morgan fingerprint density at radius 1 is 1.29 bits per heavy atom. The molecular weight excluding hydrogens is 358 g/mol. The van der Waals surface area contributed by atoms with E-state index in [0.29, 0.717) is 37.8 Å². The minimum Gasteiger partial charge on any atom is -0.386 e. The average Bonchev–Trinajstić information content (AvgIpc) is 3.37. The Kier molecular flexibility index (Phi) is 5.45. The van der Waals surface area contributed by atoms with Crippen LogP contribution >= 0.6 is 0 Å². The van der Waals surface area contributed by atoms with Gasteiger partial charge in [-0.05, 0) is 37.3 Å². The Morgan fingerprint density at radius 3 is 2.93 bits per heavy atom. The smallest absolute Gasteiger partial charge is 0.317 e. The van der Waals surface area contributed by atoms with E-state index in [1.54, 1.807) is 12.4 Å². The van der Waals surface area contributed by atoms with E-state index in [-0.39, 0.29) is 11.9 Å². The number of urea groups is 1. The maximum absolute atomic E-state index is 12.6. The molecule has 4 rings (SSSR count). The van der Waals surface area contributed by atoms with Gasteiger partial charge in [-0.15, -0.1) is 0 Å². The highest BCUT2D eigenvalue weighted by atomic mass is 16.7. The van der Waals surface area contributed by atoms with Crippen molar-refractivity contribution in [1.29, 1.82) is 0 Å². The first-order valence-electron chi connectivity index (χ1n) is 10.1. The third kappa shape index (κ3) is 4.26. The highest BCUT2D eigenvalue weighted by Gasteiger charge is 2.45. The van der Waals surface area contributed by atoms with Crippen LogP contribution in [0.15, 0.2) is 29.7 Å². The Bertz CT molecular complexity index is 747. The van der Waals surface area contributed by atoms with Gasteiger partial charge in [-0.1, -0.05) is 24.1 Å². The molecule has 0 aromatic carbocycles. The van der Waals surface area contributed by atoms with E-state index in [2.05, 4.69) is 20.8 Å². The maximum Gasteiger partial charge on any atom is 0.317 e. The Balaban J connectivity index is 1.29. The predicted octanol–water partition coefficient (Wildman–Crippen LogP) is 1.96. The second-order valence-electron chi connectivity index (χ2n) is 7.99. The van der Waals surface area contributed by atoms with Gasteiger partial charge < -0.3 is 20.4 Å². The summed E-state index contributed by atoms with van der Waals surface area (Å²) in [5.41, 5.74) is 0.742. The number of rotatable bonds is 4. The molecule has 1 aromatic rings. The van der Waals surface area contributed by atoms with Crippen molar-refractivity contribution in [2.24, 2.45) is 5.16 Å². The molecule has 150 valence electrons. The van der Waals surface area contributed by atoms with E-state index in [4.69, 9.17) is 4.84 Å². The van der Waals surface area contributed by atoms with Crippen LogP contribution in [0.2, 0.25) is 0 Å². The van der Waals surface area contributed by atoms with Crippen molar-refractivity contribution < 1.29 is 14.4 Å². The Morgan fingerprint density at radius 2 is 2.14 bits per heavy atom. The Labute approximate surface area is 164 Å². The quantitative estimate of drug-likeness (QED) is 0.828. The second kappa shape index (κ2) is 8.16. The molecule has 0 unspecified atom stereocenters. The summed E-state index contributed by atoms with van der Waals surface area (Å²) in [6.07, 6.45) is 9.97. The molecule has 8 heteroatoms. The van der Waals surface area contributed by atoms with Gasteiger partial charge >= 0.3 is 6.03 Å². The average molecular weight is 385 g/mol. The van der Waals surface area contributed by atoms with Gasteiger partial charge in [0.25, 0.3) is 5.91 Å². The number of carbonyl (C=O) groups is 2. The van der Waals surface area contributed by atoms with Crippen LogP contribution < -0.4 is 10.6 Å². The summed E-state index contributed by atoms with van der Waals surface area (Å²) < 4.78 is 0. The summed E-state index contributed by atoms with van der Waals surface area (Å²) >= 11 is 0. The molecule has 1 spiro atoms. The summed E-state index contributed by atoms with van der Waals surface area (Å²) in [7, 11) is 0. The van der Waals surface area contributed by atoms with Crippen molar-refractivity contribution in [2.75, 3.05) is 13.1 Å². The van der Waals surface area contributed by atoms with E-state index in [9.17, 15) is 9.59 Å². The third-order valence-electron chi connectivity index (χ3n) is 5.79. The van der Waals surface area contributed by atoms with Crippen molar-refractivity contribution >= 4 is 17.6 Å². The molecule has 2 aliphatic heterocycles. The lowest BCUT2D eigenvalue weighted by atomic mass is 9.88. The van der Waals surface area contributed by atoms with Crippen LogP contribution in [-0.2, 0) is 16.2 Å². The van der Waals surface area contributed by atoms with Gasteiger partial charge in [-0.3, -0.25) is 9.78 Å². The summed E-state index contributed by atoms with van der Waals surface area (Å²) in [4.78, 5) is 36.6. The molecule has 3 amide bonds. The van der Waals surface area contributed by atoms with Crippen molar-refractivity contribution in [3.8, 4) is 0 Å². The molecule has 1 aromatic heterocycles. The topological polar surface area (TPSA) is 95.9 Å². The van der Waals surface area contributed by atoms with Crippen molar-refractivity contribution in [1.82, 2.24) is 20.5 Å². The number of hydrogen-bond donors (Lipinski definition) is 2. The number of nitrogens with zero attached hydrogens (tertiary/aromatic N) is 3. The molecule has 1 saturated heterocycles. The fraction of sp³-hybridized carbons (Fsp3) is 0.600. The highest BCUT2D eigenvalue weighted by molar-refractivity contribution is 6.39. The van der Waals surface area contributed by atoms with E-state index < -0.39 is 5.60 Å². The standard InChI is InChI=1S/C20H27N5O3/c26-18(22-13-15-5-3-9-21-12-15)17-11-20(28-24-17)8-4-10-25(14-20)19(27)23-16-6-1-2-7-16/h3,5,9,12,16H,1-2,4,6-8,10-11,13-14H2,(H,22,26)(H,23,27)/t20-/m0/s1. The van der Waals surface area contributed by atoms with Gasteiger partial charge in [0.1, 0.15) is 5.71 Å². The fourth-order valence-electron chi connectivity index (χ4n) is 4.26. The zero-order valence-corrected chi connectivity index (χ0v) is 16.0. The molecule has 3 aliphatic rings. The van der Waals surface area contributed by atoms with Crippen LogP contribution in [0.25, 0.3) is 0 Å². The van der Waals surface area contributed by atoms with Gasteiger partial charge in [0.05, 0.1) is 6.54 Å². The lowest BCUT2D eigenvalue weighted by molar-refractivity contribution is -0.115. The molecule has 28 heavy (non-hydrogen) atoms. The van der Waals surface area contributed by atoms with E-state index >= 15 is 0 Å². The van der Waals surface area contributed by atoms with Crippen LogP contribution in [0, 0.1) is 0 Å². The lowest BCUT2D eigenvalue weighted by Gasteiger charge is -2.38. The van der Waals surface area contributed by atoms with Gasteiger partial charge in [-0.25, -0.2) is 4.79 Å². The van der Waals surface area contributed by atoms with Crippen molar-refractivity contribution in [2.45, 2.75) is 63.1 Å². The number of carbonyl (C=O) groups excluding carboxylic acids is 2. The number of oxime groups is 1. The van der Waals surface area contributed by atoms with Crippen molar-refractivity contribution in [3.05, 3.63) is 30.1 Å². The number of aromatic nitrogens is 1. The highest BCUT2D eigenvalue weighted by Crippen LogP contribution is 2.33. The summed E-state index contributed by atoms with van der Waals surface area (Å²) in [6.45, 7) is 1.58. The molecule has 0 radical (unpaired) electrons. The zero-order valence-electron chi connectivity index (χ0n) is 16.0. The predicted molar refractivity (Wildman–Crippen MR) is 104 cm³/mol. The van der Waals surface area contributed by atoms with E-state index in [1.165, 1.54) is 12.8 Å². The molecule has 2 N–H and O–H groups in total. The monoisotopic (exact) mass is 385 g/mol. The first kappa shape index (κ1) is 18.7. The second-order valence-corrected chi connectivity index (χ2v) is 7.99. The number of amides is 3. The summed E-state index contributed by atoms with van der Waals surface area (Å²) in [5.74, 6) is -0.228. The molecular formula is C20H27N5O3. The third-order valence-corrected chi connectivity index (χ3v) is 5.79. The summed E-state index contributed by atoms with van der Waals surface area (Å²) in [6, 6.07) is 4.01. The van der Waals surface area contributed by atoms with Gasteiger partial charge in [-0.2, -0.15) is 0 Å². The molecule has 1 atom stereocenters. The van der Waals surface area contributed by atoms with Gasteiger partial charge in [0.2, 0.25) is 0 Å². The van der Waals surface area contributed by atoms with Gasteiger partial charge in [0.15, 0.2) is 5.60 Å². The van der Waals surface area contributed by atoms with E-state index in [0.717, 1.165) is 31.2 Å². The minimum atomic E-state index is -0.577. The normalized spacial score (nSPS) is 24.7. The number of piperidine rings is 1. The van der Waals surface area contributed by atoms with Crippen LogP contribution in [0.1, 0.15) is 50.5 Å². The molecule has 1 aliphatic carbocycles. The molecule has 2 fully saturated rings. The fourth-order valence-corrected chi connectivity index (χ4v) is 4.26. The molecule has 3 heterocycles. The molecule has 1 saturated carbocycles. The SMILES string of the molecule is O=C(NCc1cccnc1)C1=NO[C@@]2(CCCN(C(=O)NC3CCCC3)C2)C1. The maximum atomic E-state index is 12.6. The largest absolute Gasteiger partial charge is 0.386 e. The van der Waals surface area contributed by atoms with Gasteiger partial charge in [0, 0.05) is 37.9 Å². The van der Waals surface area contributed by atoms with E-state index in [1.807, 2.05) is 17.0 Å². The van der Waals surface area contributed by atoms with Crippen molar-refractivity contribution in [3.63, 3.8) is 0 Å². The number of hydrogen-bond acceptors (Lipinski definition) is 5.